The van der Waals surface area contributed by atoms with E-state index < -0.39 is 16.6 Å². The van der Waals surface area contributed by atoms with Gasteiger partial charge in [-0.25, -0.2) is 4.79 Å². The number of amides is 1. The van der Waals surface area contributed by atoms with E-state index in [1.165, 1.54) is 6.07 Å². The Morgan fingerprint density at radius 3 is 2.56 bits per heavy atom. The quantitative estimate of drug-likeness (QED) is 0.554. The number of nitro benzene ring substituents is 1. The third-order valence-corrected chi connectivity index (χ3v) is 3.52. The highest BCUT2D eigenvalue weighted by atomic mass is 16.6. The number of anilines is 1. The lowest BCUT2D eigenvalue weighted by Crippen LogP contribution is -2.14. The number of aromatic amines is 1. The van der Waals surface area contributed by atoms with Crippen LogP contribution in [0.3, 0.4) is 0 Å². The standard InChI is InChI=1S/C16H12N4O5/c1-9-3-2-4-12(13(9)20(23)24)15(21)17-11-7-5-10(6-8-11)14-18-16(22)25-19-14/h2-8H,1H3,(H,17,21)(H,18,19,22). The number of carbonyl (C=O) groups excluding carboxylic acids is 1. The lowest BCUT2D eigenvalue weighted by Gasteiger charge is -2.07. The van der Waals surface area contributed by atoms with E-state index in [9.17, 15) is 19.7 Å². The summed E-state index contributed by atoms with van der Waals surface area (Å²) in [5.74, 6) is -0.991. The number of para-hydroxylation sites is 1. The number of nitrogens with one attached hydrogen (secondary N) is 2. The molecule has 2 N–H and O–H groups in total. The van der Waals surface area contributed by atoms with Gasteiger partial charge >= 0.3 is 5.76 Å². The highest BCUT2D eigenvalue weighted by molar-refractivity contribution is 6.07. The Labute approximate surface area is 140 Å². The molecule has 0 aliphatic rings. The van der Waals surface area contributed by atoms with Gasteiger partial charge < -0.3 is 5.32 Å². The summed E-state index contributed by atoms with van der Waals surface area (Å²) in [6, 6.07) is 11.0. The molecule has 9 heteroatoms. The molecule has 0 aliphatic carbocycles. The lowest BCUT2D eigenvalue weighted by atomic mass is 10.1. The van der Waals surface area contributed by atoms with Gasteiger partial charge in [-0.05, 0) is 37.3 Å². The van der Waals surface area contributed by atoms with Gasteiger partial charge in [0, 0.05) is 16.8 Å². The fourth-order valence-electron chi connectivity index (χ4n) is 2.35. The molecular weight excluding hydrogens is 328 g/mol. The summed E-state index contributed by atoms with van der Waals surface area (Å²) in [6.45, 7) is 1.57. The maximum Gasteiger partial charge on any atom is 0.439 e. The van der Waals surface area contributed by atoms with Crippen molar-refractivity contribution in [2.24, 2.45) is 0 Å². The molecule has 1 heterocycles. The average molecular weight is 340 g/mol. The van der Waals surface area contributed by atoms with Gasteiger partial charge in [0.25, 0.3) is 11.6 Å². The highest BCUT2D eigenvalue weighted by Crippen LogP contribution is 2.24. The van der Waals surface area contributed by atoms with Crippen LogP contribution in [-0.2, 0) is 0 Å². The molecule has 0 radical (unpaired) electrons. The number of hydrogen-bond donors (Lipinski definition) is 2. The minimum atomic E-state index is -0.667. The number of nitrogens with zero attached hydrogens (tertiary/aromatic N) is 2. The first-order valence-electron chi connectivity index (χ1n) is 7.17. The third kappa shape index (κ3) is 3.29. The first-order chi connectivity index (χ1) is 12.0. The van der Waals surface area contributed by atoms with Crippen molar-refractivity contribution < 1.29 is 14.2 Å². The van der Waals surface area contributed by atoms with Crippen molar-refractivity contribution in [1.82, 2.24) is 10.1 Å². The van der Waals surface area contributed by atoms with E-state index >= 15 is 0 Å². The van der Waals surface area contributed by atoms with E-state index in [1.807, 2.05) is 0 Å². The highest BCUT2D eigenvalue weighted by Gasteiger charge is 2.22. The van der Waals surface area contributed by atoms with Gasteiger partial charge in [-0.15, -0.1) is 0 Å². The molecule has 2 aromatic carbocycles. The van der Waals surface area contributed by atoms with Crippen LogP contribution in [0.1, 0.15) is 15.9 Å². The smallest absolute Gasteiger partial charge is 0.322 e. The van der Waals surface area contributed by atoms with E-state index in [0.717, 1.165) is 0 Å². The molecule has 0 bridgehead atoms. The Balaban J connectivity index is 1.83. The molecule has 1 amide bonds. The average Bonchev–Trinajstić information content (AvgIpc) is 3.01. The zero-order valence-corrected chi connectivity index (χ0v) is 13.0. The predicted molar refractivity (Wildman–Crippen MR) is 88.3 cm³/mol. The largest absolute Gasteiger partial charge is 0.439 e. The monoisotopic (exact) mass is 340 g/mol. The van der Waals surface area contributed by atoms with Crippen LogP contribution in [0.25, 0.3) is 11.4 Å². The van der Waals surface area contributed by atoms with E-state index in [2.05, 4.69) is 20.0 Å². The topological polar surface area (TPSA) is 131 Å². The van der Waals surface area contributed by atoms with E-state index in [1.54, 1.807) is 43.3 Å². The minimum absolute atomic E-state index is 0.0186. The molecule has 25 heavy (non-hydrogen) atoms. The van der Waals surface area contributed by atoms with Crippen molar-refractivity contribution in [1.29, 1.82) is 0 Å². The molecule has 0 saturated heterocycles. The van der Waals surface area contributed by atoms with Crippen LogP contribution in [0.2, 0.25) is 0 Å². The summed E-state index contributed by atoms with van der Waals surface area (Å²) in [5, 5.41) is 17.3. The third-order valence-electron chi connectivity index (χ3n) is 3.52. The van der Waals surface area contributed by atoms with Crippen LogP contribution in [-0.4, -0.2) is 21.0 Å². The van der Waals surface area contributed by atoms with Gasteiger partial charge in [0.1, 0.15) is 5.56 Å². The van der Waals surface area contributed by atoms with E-state index in [4.69, 9.17) is 0 Å². The predicted octanol–water partition coefficient (Wildman–Crippen LogP) is 2.50. The molecule has 126 valence electrons. The first kappa shape index (κ1) is 16.1. The molecule has 0 unspecified atom stereocenters. The molecular formula is C16H12N4O5. The second-order valence-corrected chi connectivity index (χ2v) is 5.20. The normalized spacial score (nSPS) is 10.4. The summed E-state index contributed by atoms with van der Waals surface area (Å²) < 4.78 is 4.42. The molecule has 0 aliphatic heterocycles. The van der Waals surface area contributed by atoms with Gasteiger partial charge in [-0.2, -0.15) is 0 Å². The number of rotatable bonds is 4. The van der Waals surface area contributed by atoms with Crippen LogP contribution in [0, 0.1) is 17.0 Å². The van der Waals surface area contributed by atoms with Crippen LogP contribution in [0.5, 0.6) is 0 Å². The molecule has 3 aromatic rings. The minimum Gasteiger partial charge on any atom is -0.322 e. The van der Waals surface area contributed by atoms with Gasteiger partial charge in [-0.1, -0.05) is 17.3 Å². The van der Waals surface area contributed by atoms with Crippen LogP contribution >= 0.6 is 0 Å². The van der Waals surface area contributed by atoms with E-state index in [0.29, 0.717) is 16.8 Å². The molecule has 0 saturated carbocycles. The van der Waals surface area contributed by atoms with Gasteiger partial charge in [0.05, 0.1) is 4.92 Å². The number of carbonyl (C=O) groups is 1. The number of aryl methyl sites for hydroxylation is 1. The van der Waals surface area contributed by atoms with Crippen molar-refractivity contribution in [3.8, 4) is 11.4 Å². The second kappa shape index (κ2) is 6.40. The van der Waals surface area contributed by atoms with Crippen molar-refractivity contribution in [3.05, 3.63) is 74.3 Å². The van der Waals surface area contributed by atoms with Crippen LogP contribution < -0.4 is 11.1 Å². The maximum absolute atomic E-state index is 12.4. The van der Waals surface area contributed by atoms with Crippen LogP contribution in [0.15, 0.2) is 51.8 Å². The summed E-state index contributed by atoms with van der Waals surface area (Å²) in [4.78, 5) is 36.3. The fourth-order valence-corrected chi connectivity index (χ4v) is 2.35. The summed E-state index contributed by atoms with van der Waals surface area (Å²) >= 11 is 0. The Morgan fingerprint density at radius 1 is 1.24 bits per heavy atom. The molecule has 3 rings (SSSR count). The maximum atomic E-state index is 12.4. The van der Waals surface area contributed by atoms with Crippen molar-refractivity contribution in [2.45, 2.75) is 6.92 Å². The van der Waals surface area contributed by atoms with Crippen LogP contribution in [0.4, 0.5) is 11.4 Å². The fraction of sp³-hybridized carbons (Fsp3) is 0.0625. The van der Waals surface area contributed by atoms with Gasteiger partial charge in [-0.3, -0.25) is 24.4 Å². The zero-order chi connectivity index (χ0) is 18.0. The number of nitro groups is 1. The number of H-pyrrole nitrogens is 1. The molecule has 0 atom stereocenters. The van der Waals surface area contributed by atoms with Gasteiger partial charge in [0.2, 0.25) is 0 Å². The zero-order valence-electron chi connectivity index (χ0n) is 13.0. The number of hydrogen-bond acceptors (Lipinski definition) is 6. The summed E-state index contributed by atoms with van der Waals surface area (Å²) in [6.07, 6.45) is 0. The number of benzene rings is 2. The molecule has 1 aromatic heterocycles. The summed E-state index contributed by atoms with van der Waals surface area (Å²) in [7, 11) is 0. The Bertz CT molecular complexity index is 1000. The molecule has 0 spiro atoms. The van der Waals surface area contributed by atoms with Gasteiger partial charge in [0.15, 0.2) is 5.82 Å². The molecule has 0 fully saturated rings. The Kier molecular flexibility index (Phi) is 4.12. The lowest BCUT2D eigenvalue weighted by molar-refractivity contribution is -0.385. The second-order valence-electron chi connectivity index (χ2n) is 5.20. The summed E-state index contributed by atoms with van der Waals surface area (Å²) in [5.41, 5.74) is 1.19. The number of aromatic nitrogens is 2. The Hall–Kier alpha value is -3.75. The molecule has 9 nitrogen and oxygen atoms in total. The van der Waals surface area contributed by atoms with Crippen molar-refractivity contribution in [2.75, 3.05) is 5.32 Å². The van der Waals surface area contributed by atoms with Crippen molar-refractivity contribution >= 4 is 17.3 Å². The SMILES string of the molecule is Cc1cccc(C(=O)Nc2ccc(-c3noc(=O)[nH]3)cc2)c1[N+](=O)[O-]. The van der Waals surface area contributed by atoms with E-state index in [-0.39, 0.29) is 17.1 Å². The Morgan fingerprint density at radius 2 is 1.96 bits per heavy atom. The first-order valence-corrected chi connectivity index (χ1v) is 7.17. The van der Waals surface area contributed by atoms with Crippen molar-refractivity contribution in [3.63, 3.8) is 0 Å².